The Kier molecular flexibility index (Phi) is 6.99. The first-order valence-electron chi connectivity index (χ1n) is 7.40. The van der Waals surface area contributed by atoms with E-state index in [0.717, 1.165) is 5.56 Å². The van der Waals surface area contributed by atoms with Crippen molar-refractivity contribution in [3.63, 3.8) is 0 Å². The molecule has 0 amide bonds. The van der Waals surface area contributed by atoms with Crippen LogP contribution < -0.4 is 10.1 Å². The average molecular weight is 371 g/mol. The van der Waals surface area contributed by atoms with Gasteiger partial charge < -0.3 is 20.3 Å². The van der Waals surface area contributed by atoms with E-state index >= 15 is 0 Å². The zero-order valence-corrected chi connectivity index (χ0v) is 14.7. The highest BCUT2D eigenvalue weighted by atomic mass is 35.5. The van der Waals surface area contributed by atoms with Crippen LogP contribution in [0, 0.1) is 0 Å². The predicted molar refractivity (Wildman–Crippen MR) is 92.9 cm³/mol. The van der Waals surface area contributed by atoms with E-state index in [1.807, 2.05) is 12.1 Å². The molecule has 0 aliphatic heterocycles. The number of carboxylic acids is 1. The Bertz CT molecular complexity index is 662. The van der Waals surface area contributed by atoms with Crippen molar-refractivity contribution in [1.29, 1.82) is 0 Å². The number of hydrogen-bond acceptors (Lipinski definition) is 6. The number of ether oxygens (including phenoxy) is 1. The summed E-state index contributed by atoms with van der Waals surface area (Å²) >= 11 is 7.05. The van der Waals surface area contributed by atoms with Crippen molar-refractivity contribution in [1.82, 2.24) is 10.3 Å². The highest BCUT2D eigenvalue weighted by Gasteiger charge is 2.12. The summed E-state index contributed by atoms with van der Waals surface area (Å²) in [5.41, 5.74) is 1.67. The molecule has 3 N–H and O–H groups in total. The molecule has 24 heavy (non-hydrogen) atoms. The van der Waals surface area contributed by atoms with E-state index in [1.54, 1.807) is 17.5 Å². The lowest BCUT2D eigenvalue weighted by Gasteiger charge is -2.15. The fraction of sp³-hybridized carbons (Fsp3) is 0.375. The van der Waals surface area contributed by atoms with E-state index < -0.39 is 12.1 Å². The van der Waals surface area contributed by atoms with Gasteiger partial charge in [-0.1, -0.05) is 30.7 Å². The molecule has 2 atom stereocenters. The van der Waals surface area contributed by atoms with Gasteiger partial charge in [0.15, 0.2) is 11.1 Å². The summed E-state index contributed by atoms with van der Waals surface area (Å²) in [4.78, 5) is 14.5. The minimum absolute atomic E-state index is 0.227. The lowest BCUT2D eigenvalue weighted by Crippen LogP contribution is -2.25. The molecule has 8 heteroatoms. The lowest BCUT2D eigenvalue weighted by atomic mass is 10.0. The summed E-state index contributed by atoms with van der Waals surface area (Å²) in [5, 5.41) is 23.5. The van der Waals surface area contributed by atoms with E-state index in [-0.39, 0.29) is 12.5 Å². The van der Waals surface area contributed by atoms with E-state index in [1.165, 1.54) is 11.3 Å². The minimum Gasteiger partial charge on any atom is -0.482 e. The lowest BCUT2D eigenvalue weighted by molar-refractivity contribution is -0.139. The number of halogens is 1. The monoisotopic (exact) mass is 370 g/mol. The van der Waals surface area contributed by atoms with Gasteiger partial charge in [-0.15, -0.1) is 11.3 Å². The number of carboxylic acid groups (broad SMARTS) is 1. The highest BCUT2D eigenvalue weighted by molar-refractivity contribution is 7.13. The number of aliphatic hydroxyl groups is 1. The summed E-state index contributed by atoms with van der Waals surface area (Å²) in [5.74, 6) is -0.251. The van der Waals surface area contributed by atoms with Crippen molar-refractivity contribution in [2.45, 2.75) is 18.9 Å². The molecule has 130 valence electrons. The largest absolute Gasteiger partial charge is 0.482 e. The molecule has 2 aromatic rings. The molecule has 1 heterocycles. The molecule has 0 fully saturated rings. The minimum atomic E-state index is -1.00. The predicted octanol–water partition coefficient (Wildman–Crippen LogP) is 2.69. The molecule has 6 nitrogen and oxygen atoms in total. The topological polar surface area (TPSA) is 91.7 Å². The van der Waals surface area contributed by atoms with Gasteiger partial charge in [-0.25, -0.2) is 9.78 Å². The fourth-order valence-corrected chi connectivity index (χ4v) is 2.93. The van der Waals surface area contributed by atoms with E-state index in [0.29, 0.717) is 29.0 Å². The molecular formula is C16H19ClN2O4S. The number of benzene rings is 1. The maximum absolute atomic E-state index is 10.5. The van der Waals surface area contributed by atoms with Crippen LogP contribution >= 0.6 is 22.9 Å². The molecule has 1 aromatic carbocycles. The summed E-state index contributed by atoms with van der Waals surface area (Å²) in [6.07, 6.45) is -0.687. The van der Waals surface area contributed by atoms with Crippen LogP contribution in [0.25, 0.3) is 0 Å². The quantitative estimate of drug-likeness (QED) is 0.628. The summed E-state index contributed by atoms with van der Waals surface area (Å²) in [6.45, 7) is 2.79. The number of rotatable bonds is 9. The molecule has 1 aromatic heterocycles. The van der Waals surface area contributed by atoms with Crippen LogP contribution in [0.2, 0.25) is 4.47 Å². The van der Waals surface area contributed by atoms with Crippen molar-refractivity contribution < 1.29 is 19.7 Å². The van der Waals surface area contributed by atoms with Crippen LogP contribution in [0.3, 0.4) is 0 Å². The van der Waals surface area contributed by atoms with Crippen LogP contribution in [0.1, 0.15) is 30.2 Å². The molecule has 0 bridgehead atoms. The first kappa shape index (κ1) is 18.7. The van der Waals surface area contributed by atoms with Crippen LogP contribution in [0.5, 0.6) is 5.75 Å². The van der Waals surface area contributed by atoms with E-state index in [2.05, 4.69) is 17.2 Å². The highest BCUT2D eigenvalue weighted by Crippen LogP contribution is 2.21. The molecule has 0 radical (unpaired) electrons. The maximum Gasteiger partial charge on any atom is 0.341 e. The third-order valence-electron chi connectivity index (χ3n) is 3.43. The molecule has 0 saturated carbocycles. The fourth-order valence-electron chi connectivity index (χ4n) is 2.11. The van der Waals surface area contributed by atoms with Gasteiger partial charge >= 0.3 is 5.97 Å². The van der Waals surface area contributed by atoms with Gasteiger partial charge in [0, 0.05) is 18.5 Å². The molecule has 0 aliphatic carbocycles. The molecule has 2 unspecified atom stereocenters. The smallest absolute Gasteiger partial charge is 0.341 e. The van der Waals surface area contributed by atoms with Gasteiger partial charge in [0.05, 0.1) is 5.69 Å². The summed E-state index contributed by atoms with van der Waals surface area (Å²) in [6, 6.07) is 7.31. The first-order chi connectivity index (χ1) is 11.5. The van der Waals surface area contributed by atoms with Crippen LogP contribution in [0.4, 0.5) is 0 Å². The average Bonchev–Trinajstić information content (AvgIpc) is 2.99. The van der Waals surface area contributed by atoms with Gasteiger partial charge in [0.1, 0.15) is 11.9 Å². The Morgan fingerprint density at radius 3 is 2.67 bits per heavy atom. The van der Waals surface area contributed by atoms with Crippen molar-refractivity contribution in [3.05, 3.63) is 45.4 Å². The molecule has 0 aliphatic rings. The van der Waals surface area contributed by atoms with Gasteiger partial charge in [0.2, 0.25) is 0 Å². The number of aromatic nitrogens is 1. The Morgan fingerprint density at radius 2 is 2.08 bits per heavy atom. The van der Waals surface area contributed by atoms with Gasteiger partial charge in [-0.05, 0) is 23.6 Å². The van der Waals surface area contributed by atoms with Crippen molar-refractivity contribution in [3.8, 4) is 5.75 Å². The number of nitrogens with zero attached hydrogens (tertiary/aromatic N) is 1. The Balaban J connectivity index is 1.77. The molecule has 0 spiro atoms. The number of aliphatic hydroxyl groups excluding tert-OH is 1. The van der Waals surface area contributed by atoms with Gasteiger partial charge in [-0.2, -0.15) is 0 Å². The van der Waals surface area contributed by atoms with Gasteiger partial charge in [-0.3, -0.25) is 0 Å². The first-order valence-corrected chi connectivity index (χ1v) is 8.65. The standard InChI is InChI=1S/C16H19ClN2O4S/c1-10(6-18-7-14(20)13-9-24-16(17)19-13)11-2-4-12(5-3-11)23-8-15(21)22/h2-5,9-10,14,18,20H,6-8H2,1H3,(H,21,22). The summed E-state index contributed by atoms with van der Waals surface area (Å²) < 4.78 is 5.52. The number of thiazole rings is 1. The van der Waals surface area contributed by atoms with Crippen LogP contribution in [0.15, 0.2) is 29.6 Å². The SMILES string of the molecule is CC(CNCC(O)c1csc(Cl)n1)c1ccc(OCC(=O)O)cc1. The van der Waals surface area contributed by atoms with Crippen molar-refractivity contribution in [2.75, 3.05) is 19.7 Å². The van der Waals surface area contributed by atoms with E-state index in [4.69, 9.17) is 21.4 Å². The Morgan fingerprint density at radius 1 is 1.38 bits per heavy atom. The maximum atomic E-state index is 10.5. The number of carbonyl (C=O) groups is 1. The third kappa shape index (κ3) is 5.76. The number of hydrogen-bond donors (Lipinski definition) is 3. The van der Waals surface area contributed by atoms with Crippen molar-refractivity contribution in [2.24, 2.45) is 0 Å². The molecule has 2 rings (SSSR count). The van der Waals surface area contributed by atoms with E-state index in [9.17, 15) is 9.90 Å². The second-order valence-corrected chi connectivity index (χ2v) is 6.79. The molecular weight excluding hydrogens is 352 g/mol. The summed E-state index contributed by atoms with van der Waals surface area (Å²) in [7, 11) is 0. The Hall–Kier alpha value is -1.67. The van der Waals surface area contributed by atoms with Crippen LogP contribution in [-0.2, 0) is 4.79 Å². The van der Waals surface area contributed by atoms with Crippen LogP contribution in [-0.4, -0.2) is 40.9 Å². The zero-order chi connectivity index (χ0) is 17.5. The van der Waals surface area contributed by atoms with Crippen molar-refractivity contribution >= 4 is 28.9 Å². The normalized spacial score (nSPS) is 13.5. The number of nitrogens with one attached hydrogen (secondary N) is 1. The third-order valence-corrected chi connectivity index (χ3v) is 4.43. The number of aliphatic carboxylic acids is 1. The second-order valence-electron chi connectivity index (χ2n) is 5.35. The zero-order valence-electron chi connectivity index (χ0n) is 13.1. The van der Waals surface area contributed by atoms with Gasteiger partial charge in [0.25, 0.3) is 0 Å². The second kappa shape index (κ2) is 8.98. The Labute approximate surface area is 149 Å². The molecule has 0 saturated heterocycles.